The number of aliphatic carboxylic acids is 1. The molecule has 0 rings (SSSR count). The highest BCUT2D eigenvalue weighted by molar-refractivity contribution is 7.47. The number of rotatable bonds is 44. The van der Waals surface area contributed by atoms with Crippen molar-refractivity contribution in [2.45, 2.75) is 244 Å². The summed E-state index contributed by atoms with van der Waals surface area (Å²) < 4.78 is 32.7. The van der Waals surface area contributed by atoms with Crippen molar-refractivity contribution >= 4 is 25.7 Å². The molecule has 0 saturated heterocycles. The van der Waals surface area contributed by atoms with Crippen molar-refractivity contribution in [3.05, 3.63) is 0 Å². The van der Waals surface area contributed by atoms with Gasteiger partial charge in [0.05, 0.1) is 13.2 Å². The summed E-state index contributed by atoms with van der Waals surface area (Å²) in [5, 5.41) is 8.89. The van der Waals surface area contributed by atoms with E-state index < -0.39 is 51.1 Å². The second-order valence-electron chi connectivity index (χ2n) is 15.9. The van der Waals surface area contributed by atoms with E-state index in [9.17, 15) is 23.8 Å². The van der Waals surface area contributed by atoms with Crippen LogP contribution in [-0.4, -0.2) is 59.9 Å². The number of ether oxygens (including phenoxy) is 2. The van der Waals surface area contributed by atoms with E-state index in [0.717, 1.165) is 38.5 Å². The lowest BCUT2D eigenvalue weighted by atomic mass is 10.0. The van der Waals surface area contributed by atoms with Gasteiger partial charge in [-0.25, -0.2) is 4.57 Å². The van der Waals surface area contributed by atoms with Gasteiger partial charge < -0.3 is 25.2 Å². The number of nitrogens with two attached hydrogens (primary N) is 1. The van der Waals surface area contributed by atoms with E-state index in [1.165, 1.54) is 154 Å². The van der Waals surface area contributed by atoms with E-state index in [4.69, 9.17) is 24.8 Å². The molecule has 11 nitrogen and oxygen atoms in total. The lowest BCUT2D eigenvalue weighted by Crippen LogP contribution is -2.34. The Morgan fingerprint density at radius 3 is 1.12 bits per heavy atom. The monoisotopic (exact) mass is 820 g/mol. The van der Waals surface area contributed by atoms with Gasteiger partial charge in [0.2, 0.25) is 0 Å². The van der Waals surface area contributed by atoms with Gasteiger partial charge in [-0.1, -0.05) is 206 Å². The zero-order valence-electron chi connectivity index (χ0n) is 36.0. The second kappa shape index (κ2) is 40.3. The number of carboxylic acid groups (broad SMARTS) is 1. The summed E-state index contributed by atoms with van der Waals surface area (Å²) in [5.41, 5.74) is 5.34. The first kappa shape index (κ1) is 54.5. The van der Waals surface area contributed by atoms with Crippen LogP contribution in [-0.2, 0) is 37.5 Å². The largest absolute Gasteiger partial charge is 0.480 e. The van der Waals surface area contributed by atoms with E-state index in [-0.39, 0.29) is 19.4 Å². The molecule has 0 heterocycles. The van der Waals surface area contributed by atoms with Crippen LogP contribution in [0.15, 0.2) is 0 Å². The Labute approximate surface area is 342 Å². The molecule has 12 heteroatoms. The van der Waals surface area contributed by atoms with Gasteiger partial charge in [-0.3, -0.25) is 23.4 Å². The Morgan fingerprint density at radius 1 is 0.482 bits per heavy atom. The minimum Gasteiger partial charge on any atom is -0.480 e. The number of unbranched alkanes of at least 4 members (excludes halogenated alkanes) is 30. The molecular formula is C44H86NO10P. The van der Waals surface area contributed by atoms with Crippen molar-refractivity contribution in [1.29, 1.82) is 0 Å². The molecule has 332 valence electrons. The molecule has 0 fully saturated rings. The predicted octanol–water partition coefficient (Wildman–Crippen LogP) is 12.3. The Morgan fingerprint density at radius 2 is 0.786 bits per heavy atom. The van der Waals surface area contributed by atoms with Crippen LogP contribution in [0.25, 0.3) is 0 Å². The van der Waals surface area contributed by atoms with Crippen LogP contribution in [0.4, 0.5) is 0 Å². The molecule has 56 heavy (non-hydrogen) atoms. The maximum atomic E-state index is 12.6. The van der Waals surface area contributed by atoms with Gasteiger partial charge in [0.25, 0.3) is 0 Å². The van der Waals surface area contributed by atoms with Crippen molar-refractivity contribution in [3.63, 3.8) is 0 Å². The maximum absolute atomic E-state index is 12.6. The highest BCUT2D eigenvalue weighted by atomic mass is 31.2. The Hall–Kier alpha value is -1.52. The number of carbonyl (C=O) groups is 3. The highest BCUT2D eigenvalue weighted by Gasteiger charge is 2.28. The van der Waals surface area contributed by atoms with Crippen molar-refractivity contribution < 1.29 is 47.5 Å². The third-order valence-electron chi connectivity index (χ3n) is 10.4. The minimum atomic E-state index is -4.71. The molecule has 0 aliphatic heterocycles. The normalized spacial score (nSPS) is 13.6. The zero-order chi connectivity index (χ0) is 41.4. The number of phosphoric ester groups is 1. The number of hydrogen-bond acceptors (Lipinski definition) is 9. The molecule has 0 aliphatic carbocycles. The molecule has 0 saturated carbocycles. The molecule has 0 amide bonds. The third-order valence-corrected chi connectivity index (χ3v) is 11.3. The van der Waals surface area contributed by atoms with Crippen LogP contribution in [0.3, 0.4) is 0 Å². The molecule has 0 spiro atoms. The third kappa shape index (κ3) is 39.3. The van der Waals surface area contributed by atoms with Crippen molar-refractivity contribution in [1.82, 2.24) is 0 Å². The number of carboxylic acids is 1. The Kier molecular flexibility index (Phi) is 39.2. The summed E-state index contributed by atoms with van der Waals surface area (Å²) in [6.07, 6.45) is 38.7. The minimum absolute atomic E-state index is 0.170. The summed E-state index contributed by atoms with van der Waals surface area (Å²) in [7, 11) is -4.71. The van der Waals surface area contributed by atoms with Gasteiger partial charge in [0.1, 0.15) is 12.6 Å². The average Bonchev–Trinajstić information content (AvgIpc) is 3.17. The molecule has 0 bridgehead atoms. The van der Waals surface area contributed by atoms with Crippen molar-refractivity contribution in [2.24, 2.45) is 5.73 Å². The fraction of sp³-hybridized carbons (Fsp3) is 0.932. The summed E-state index contributed by atoms with van der Waals surface area (Å²) in [4.78, 5) is 46.0. The van der Waals surface area contributed by atoms with Crippen LogP contribution >= 0.6 is 7.82 Å². The van der Waals surface area contributed by atoms with Gasteiger partial charge in [0.15, 0.2) is 6.10 Å². The lowest BCUT2D eigenvalue weighted by molar-refractivity contribution is -0.161. The van der Waals surface area contributed by atoms with Crippen LogP contribution in [0, 0.1) is 0 Å². The smallest absolute Gasteiger partial charge is 0.472 e. The standard InChI is InChI=1S/C44H86NO10P/c1-3-5-7-9-11-13-15-17-19-20-22-24-26-28-30-32-34-36-43(47)55-40(38-53-56(50,51)54-39-41(45)44(48)49)37-52-42(46)35-33-31-29-27-25-23-21-18-16-14-12-10-8-6-4-2/h40-41H,3-39,45H2,1-2H3,(H,48,49)(H,50,51). The van der Waals surface area contributed by atoms with E-state index in [1.54, 1.807) is 0 Å². The molecule has 0 aromatic heterocycles. The topological polar surface area (TPSA) is 172 Å². The van der Waals surface area contributed by atoms with Gasteiger partial charge in [-0.05, 0) is 12.8 Å². The first-order chi connectivity index (χ1) is 27.1. The summed E-state index contributed by atoms with van der Waals surface area (Å²) in [6, 6.07) is -1.52. The fourth-order valence-corrected chi connectivity index (χ4v) is 7.49. The molecule has 4 N–H and O–H groups in total. The van der Waals surface area contributed by atoms with E-state index in [2.05, 4.69) is 18.4 Å². The Bertz CT molecular complexity index is 968. The summed E-state index contributed by atoms with van der Waals surface area (Å²) in [5.74, 6) is -2.36. The summed E-state index contributed by atoms with van der Waals surface area (Å²) in [6.45, 7) is 2.85. The number of carbonyl (C=O) groups excluding carboxylic acids is 2. The number of esters is 2. The number of hydrogen-bond donors (Lipinski definition) is 3. The molecule has 3 unspecified atom stereocenters. The molecular weight excluding hydrogens is 733 g/mol. The number of phosphoric acid groups is 1. The van der Waals surface area contributed by atoms with Crippen molar-refractivity contribution in [2.75, 3.05) is 19.8 Å². The zero-order valence-corrected chi connectivity index (χ0v) is 36.9. The van der Waals surface area contributed by atoms with Crippen LogP contribution < -0.4 is 5.73 Å². The molecule has 0 aliphatic rings. The summed E-state index contributed by atoms with van der Waals surface area (Å²) >= 11 is 0. The van der Waals surface area contributed by atoms with E-state index in [1.807, 2.05) is 0 Å². The molecule has 0 aromatic rings. The average molecular weight is 820 g/mol. The quantitative estimate of drug-likeness (QED) is 0.0303. The SMILES string of the molecule is CCCCCCCCCCCCCCCCCCCC(=O)OC(COC(=O)CCCCCCCCCCCCCCCCC)COP(=O)(O)OCC(N)C(=O)O. The first-order valence-electron chi connectivity index (χ1n) is 23.1. The van der Waals surface area contributed by atoms with Crippen LogP contribution in [0.1, 0.15) is 232 Å². The van der Waals surface area contributed by atoms with E-state index in [0.29, 0.717) is 12.8 Å². The maximum Gasteiger partial charge on any atom is 0.472 e. The lowest BCUT2D eigenvalue weighted by Gasteiger charge is -2.20. The molecule has 0 aromatic carbocycles. The van der Waals surface area contributed by atoms with Gasteiger partial charge >= 0.3 is 25.7 Å². The van der Waals surface area contributed by atoms with Gasteiger partial charge in [-0.2, -0.15) is 0 Å². The van der Waals surface area contributed by atoms with Gasteiger partial charge in [0, 0.05) is 12.8 Å². The highest BCUT2D eigenvalue weighted by Crippen LogP contribution is 2.43. The van der Waals surface area contributed by atoms with Crippen LogP contribution in [0.5, 0.6) is 0 Å². The Balaban J connectivity index is 4.28. The molecule has 0 radical (unpaired) electrons. The van der Waals surface area contributed by atoms with Gasteiger partial charge in [-0.15, -0.1) is 0 Å². The predicted molar refractivity (Wildman–Crippen MR) is 227 cm³/mol. The molecule has 3 atom stereocenters. The second-order valence-corrected chi connectivity index (χ2v) is 17.4. The first-order valence-corrected chi connectivity index (χ1v) is 24.6. The van der Waals surface area contributed by atoms with Crippen molar-refractivity contribution in [3.8, 4) is 0 Å². The fourth-order valence-electron chi connectivity index (χ4n) is 6.71. The van der Waals surface area contributed by atoms with E-state index >= 15 is 0 Å². The van der Waals surface area contributed by atoms with Crippen LogP contribution in [0.2, 0.25) is 0 Å².